The van der Waals surface area contributed by atoms with Gasteiger partial charge < -0.3 is 5.32 Å². The zero-order valence-electron chi connectivity index (χ0n) is 8.54. The molecule has 0 aromatic carbocycles. The van der Waals surface area contributed by atoms with Crippen LogP contribution in [0.3, 0.4) is 0 Å². The predicted molar refractivity (Wildman–Crippen MR) is 49.9 cm³/mol. The molecule has 1 N–H and O–H groups in total. The Morgan fingerprint density at radius 3 is 2.85 bits per heavy atom. The highest BCUT2D eigenvalue weighted by Gasteiger charge is 2.29. The lowest BCUT2D eigenvalue weighted by Gasteiger charge is -2.30. The number of hydroxylamine groups is 2. The van der Waals surface area contributed by atoms with Crippen molar-refractivity contribution in [3.63, 3.8) is 0 Å². The van der Waals surface area contributed by atoms with E-state index in [0.717, 1.165) is 19.5 Å². The van der Waals surface area contributed by atoms with Crippen molar-refractivity contribution in [1.82, 2.24) is 10.4 Å². The Kier molecular flexibility index (Phi) is 3.69. The topological polar surface area (TPSA) is 41.6 Å². The van der Waals surface area contributed by atoms with Crippen LogP contribution in [-0.4, -0.2) is 38.2 Å². The number of hydrogen-bond acceptors (Lipinski definition) is 3. The van der Waals surface area contributed by atoms with Gasteiger partial charge in [0.2, 0.25) is 5.91 Å². The summed E-state index contributed by atoms with van der Waals surface area (Å²) >= 11 is 0. The van der Waals surface area contributed by atoms with Gasteiger partial charge in [0.1, 0.15) is 0 Å². The summed E-state index contributed by atoms with van der Waals surface area (Å²) in [7, 11) is 3.18. The summed E-state index contributed by atoms with van der Waals surface area (Å²) in [6.07, 6.45) is 0.910. The predicted octanol–water partition coefficient (Wildman–Crippen LogP) is 0.252. The first kappa shape index (κ1) is 10.5. The van der Waals surface area contributed by atoms with Gasteiger partial charge in [0, 0.05) is 13.0 Å². The number of carbonyl (C=O) groups excluding carboxylic acids is 1. The van der Waals surface area contributed by atoms with Gasteiger partial charge in [0.15, 0.2) is 0 Å². The van der Waals surface area contributed by atoms with Crippen LogP contribution in [0, 0.1) is 11.8 Å². The molecular formula is C9H18N2O2. The molecular weight excluding hydrogens is 168 g/mol. The zero-order chi connectivity index (χ0) is 9.84. The van der Waals surface area contributed by atoms with E-state index in [9.17, 15) is 4.79 Å². The molecule has 0 aromatic heterocycles. The van der Waals surface area contributed by atoms with E-state index in [2.05, 4.69) is 12.2 Å². The van der Waals surface area contributed by atoms with E-state index in [4.69, 9.17) is 4.84 Å². The minimum atomic E-state index is 0.0940. The van der Waals surface area contributed by atoms with Gasteiger partial charge >= 0.3 is 0 Å². The van der Waals surface area contributed by atoms with E-state index in [0.29, 0.717) is 5.92 Å². The molecule has 13 heavy (non-hydrogen) atoms. The van der Waals surface area contributed by atoms with Crippen molar-refractivity contribution in [2.45, 2.75) is 13.3 Å². The van der Waals surface area contributed by atoms with Crippen molar-refractivity contribution in [1.29, 1.82) is 0 Å². The van der Waals surface area contributed by atoms with Gasteiger partial charge in [-0.2, -0.15) is 0 Å². The maximum absolute atomic E-state index is 11.7. The monoisotopic (exact) mass is 186 g/mol. The molecule has 1 heterocycles. The van der Waals surface area contributed by atoms with E-state index < -0.39 is 0 Å². The summed E-state index contributed by atoms with van der Waals surface area (Å²) in [6, 6.07) is 0. The Bertz CT molecular complexity index is 184. The van der Waals surface area contributed by atoms with Crippen molar-refractivity contribution < 1.29 is 9.63 Å². The Labute approximate surface area is 79.2 Å². The van der Waals surface area contributed by atoms with Crippen molar-refractivity contribution >= 4 is 5.91 Å². The van der Waals surface area contributed by atoms with Gasteiger partial charge in [-0.25, -0.2) is 5.06 Å². The third-order valence-electron chi connectivity index (χ3n) is 2.69. The van der Waals surface area contributed by atoms with Crippen LogP contribution in [0.25, 0.3) is 0 Å². The summed E-state index contributed by atoms with van der Waals surface area (Å²) in [4.78, 5) is 16.6. The van der Waals surface area contributed by atoms with Crippen molar-refractivity contribution in [2.75, 3.05) is 27.2 Å². The number of amides is 1. The average molecular weight is 186 g/mol. The van der Waals surface area contributed by atoms with Crippen LogP contribution in [0.15, 0.2) is 0 Å². The molecule has 4 nitrogen and oxygen atoms in total. The van der Waals surface area contributed by atoms with E-state index in [1.54, 1.807) is 7.05 Å². The van der Waals surface area contributed by atoms with E-state index in [1.165, 1.54) is 12.2 Å². The fraction of sp³-hybridized carbons (Fsp3) is 0.889. The number of nitrogens with zero attached hydrogens (tertiary/aromatic N) is 1. The van der Waals surface area contributed by atoms with Gasteiger partial charge in [0.05, 0.1) is 7.11 Å². The second-order valence-corrected chi connectivity index (χ2v) is 3.59. The fourth-order valence-corrected chi connectivity index (χ4v) is 1.70. The Morgan fingerprint density at radius 1 is 1.62 bits per heavy atom. The van der Waals surface area contributed by atoms with E-state index in [-0.39, 0.29) is 11.8 Å². The molecule has 1 saturated heterocycles. The summed E-state index contributed by atoms with van der Waals surface area (Å²) in [6.45, 7) is 3.95. The van der Waals surface area contributed by atoms with Gasteiger partial charge in [-0.1, -0.05) is 6.92 Å². The van der Waals surface area contributed by atoms with Crippen molar-refractivity contribution in [3.05, 3.63) is 0 Å². The normalized spacial score (nSPS) is 28.5. The number of hydrogen-bond donors (Lipinski definition) is 1. The third kappa shape index (κ3) is 2.42. The van der Waals surface area contributed by atoms with Crippen LogP contribution in [0.2, 0.25) is 0 Å². The second kappa shape index (κ2) is 4.58. The van der Waals surface area contributed by atoms with Crippen LogP contribution in [0.4, 0.5) is 0 Å². The van der Waals surface area contributed by atoms with Gasteiger partial charge in [0.25, 0.3) is 0 Å². The first-order valence-electron chi connectivity index (χ1n) is 4.69. The molecule has 2 unspecified atom stereocenters. The standard InChI is InChI=1S/C9H18N2O2/c1-7-6-10-5-4-8(7)9(12)11(2)13-3/h7-8,10H,4-6H2,1-3H3. The highest BCUT2D eigenvalue weighted by atomic mass is 16.7. The number of carbonyl (C=O) groups is 1. The van der Waals surface area contributed by atoms with E-state index >= 15 is 0 Å². The Hall–Kier alpha value is -0.610. The Balaban J connectivity index is 2.53. The summed E-state index contributed by atoms with van der Waals surface area (Å²) in [5, 5.41) is 4.59. The highest BCUT2D eigenvalue weighted by molar-refractivity contribution is 5.78. The molecule has 1 aliphatic heterocycles. The maximum Gasteiger partial charge on any atom is 0.249 e. The molecule has 0 spiro atoms. The molecule has 1 aliphatic rings. The number of rotatable bonds is 2. The molecule has 76 valence electrons. The van der Waals surface area contributed by atoms with Crippen molar-refractivity contribution in [2.24, 2.45) is 11.8 Å². The molecule has 1 fully saturated rings. The largest absolute Gasteiger partial charge is 0.316 e. The van der Waals surface area contributed by atoms with Gasteiger partial charge in [-0.05, 0) is 25.4 Å². The summed E-state index contributed by atoms with van der Waals surface area (Å²) in [5.41, 5.74) is 0. The maximum atomic E-state index is 11.7. The molecule has 0 saturated carbocycles. The highest BCUT2D eigenvalue weighted by Crippen LogP contribution is 2.20. The lowest BCUT2D eigenvalue weighted by molar-refractivity contribution is -0.175. The second-order valence-electron chi connectivity index (χ2n) is 3.59. The van der Waals surface area contributed by atoms with E-state index in [1.807, 2.05) is 0 Å². The molecule has 1 amide bonds. The molecule has 0 radical (unpaired) electrons. The van der Waals surface area contributed by atoms with Crippen LogP contribution >= 0.6 is 0 Å². The molecule has 0 aliphatic carbocycles. The quantitative estimate of drug-likeness (QED) is 0.629. The van der Waals surface area contributed by atoms with Crippen LogP contribution in [-0.2, 0) is 9.63 Å². The minimum Gasteiger partial charge on any atom is -0.316 e. The third-order valence-corrected chi connectivity index (χ3v) is 2.69. The minimum absolute atomic E-state index is 0.0940. The lowest BCUT2D eigenvalue weighted by Crippen LogP contribution is -2.43. The summed E-state index contributed by atoms with van der Waals surface area (Å²) in [5.74, 6) is 0.613. The lowest BCUT2D eigenvalue weighted by atomic mass is 9.87. The average Bonchev–Trinajstić information content (AvgIpc) is 2.16. The molecule has 4 heteroatoms. The van der Waals surface area contributed by atoms with Crippen molar-refractivity contribution in [3.8, 4) is 0 Å². The molecule has 1 rings (SSSR count). The van der Waals surface area contributed by atoms with Gasteiger partial charge in [-0.3, -0.25) is 9.63 Å². The molecule has 0 aromatic rings. The SMILES string of the molecule is CON(C)C(=O)C1CCNCC1C. The molecule has 0 bridgehead atoms. The Morgan fingerprint density at radius 2 is 2.31 bits per heavy atom. The number of piperidine rings is 1. The first-order valence-corrected chi connectivity index (χ1v) is 4.69. The fourth-order valence-electron chi connectivity index (χ4n) is 1.70. The van der Waals surface area contributed by atoms with Crippen LogP contribution in [0.5, 0.6) is 0 Å². The zero-order valence-corrected chi connectivity index (χ0v) is 8.54. The molecule has 2 atom stereocenters. The summed E-state index contributed by atoms with van der Waals surface area (Å²) < 4.78 is 0. The smallest absolute Gasteiger partial charge is 0.249 e. The number of nitrogens with one attached hydrogen (secondary N) is 1. The van der Waals surface area contributed by atoms with Crippen LogP contribution in [0.1, 0.15) is 13.3 Å². The van der Waals surface area contributed by atoms with Crippen LogP contribution < -0.4 is 5.32 Å². The van der Waals surface area contributed by atoms with Gasteiger partial charge in [-0.15, -0.1) is 0 Å². The first-order chi connectivity index (χ1) is 6.16.